The van der Waals surface area contributed by atoms with Gasteiger partial charge in [0.15, 0.2) is 23.3 Å². The second kappa shape index (κ2) is 6.12. The molecule has 0 aliphatic heterocycles. The number of hydrogen-bond acceptors (Lipinski definition) is 4. The number of aromatic nitrogens is 3. The molecule has 0 saturated carbocycles. The number of pyridine rings is 1. The predicted molar refractivity (Wildman–Crippen MR) is 69.0 cm³/mol. The van der Waals surface area contributed by atoms with Crippen LogP contribution in [0.4, 0.5) is 20.4 Å². The third-order valence-corrected chi connectivity index (χ3v) is 2.61. The van der Waals surface area contributed by atoms with Gasteiger partial charge in [-0.25, -0.2) is 18.7 Å². The summed E-state index contributed by atoms with van der Waals surface area (Å²) in [4.78, 5) is 7.76. The number of imidazole rings is 1. The molecule has 2 aromatic rings. The smallest absolute Gasteiger partial charge is 0.168 e. The molecule has 0 bridgehead atoms. The Bertz CT molecular complexity index is 527. The molecule has 0 saturated heterocycles. The largest absolute Gasteiger partial charge is 0.371 e. The third kappa shape index (κ3) is 3.40. The van der Waals surface area contributed by atoms with Gasteiger partial charge in [0, 0.05) is 38.6 Å². The molecule has 2 heterocycles. The maximum Gasteiger partial charge on any atom is 0.168 e. The van der Waals surface area contributed by atoms with Gasteiger partial charge in [-0.3, -0.25) is 0 Å². The van der Waals surface area contributed by atoms with Crippen molar-refractivity contribution in [3.8, 4) is 0 Å². The molecule has 0 atom stereocenters. The third-order valence-electron chi connectivity index (χ3n) is 2.61. The van der Waals surface area contributed by atoms with E-state index in [1.165, 1.54) is 7.05 Å². The molecule has 7 heteroatoms. The summed E-state index contributed by atoms with van der Waals surface area (Å²) in [5.41, 5.74) is 0. The van der Waals surface area contributed by atoms with Crippen LogP contribution in [0.15, 0.2) is 24.8 Å². The second-order valence-electron chi connectivity index (χ2n) is 3.98. The number of rotatable bonds is 6. The number of nitrogens with one attached hydrogen (secondary N) is 2. The van der Waals surface area contributed by atoms with Crippen LogP contribution in [-0.2, 0) is 6.54 Å². The summed E-state index contributed by atoms with van der Waals surface area (Å²) in [6, 6.07) is 0.817. The Morgan fingerprint density at radius 1 is 1.26 bits per heavy atom. The molecule has 0 aromatic carbocycles. The minimum Gasteiger partial charge on any atom is -0.371 e. The van der Waals surface area contributed by atoms with Crippen molar-refractivity contribution in [1.29, 1.82) is 0 Å². The maximum atomic E-state index is 13.5. The van der Waals surface area contributed by atoms with Crippen LogP contribution in [0.1, 0.15) is 6.42 Å². The van der Waals surface area contributed by atoms with E-state index in [-0.39, 0.29) is 11.6 Å². The van der Waals surface area contributed by atoms with E-state index in [0.29, 0.717) is 6.54 Å². The number of halogens is 2. The lowest BCUT2D eigenvalue weighted by Crippen LogP contribution is -2.10. The van der Waals surface area contributed by atoms with Crippen LogP contribution in [0.5, 0.6) is 0 Å². The first-order valence-corrected chi connectivity index (χ1v) is 5.94. The Morgan fingerprint density at radius 3 is 2.74 bits per heavy atom. The summed E-state index contributed by atoms with van der Waals surface area (Å²) < 4.78 is 28.6. The average molecular weight is 267 g/mol. The van der Waals surface area contributed by atoms with Gasteiger partial charge in [0.05, 0.1) is 6.33 Å². The van der Waals surface area contributed by atoms with E-state index in [1.54, 1.807) is 12.5 Å². The fourth-order valence-corrected chi connectivity index (χ4v) is 1.65. The van der Waals surface area contributed by atoms with Crippen LogP contribution in [0.2, 0.25) is 0 Å². The molecule has 5 nitrogen and oxygen atoms in total. The Morgan fingerprint density at radius 2 is 2.05 bits per heavy atom. The molecule has 0 aliphatic carbocycles. The highest BCUT2D eigenvalue weighted by molar-refractivity contribution is 5.47. The lowest BCUT2D eigenvalue weighted by molar-refractivity contribution is 0.577. The molecule has 0 unspecified atom stereocenters. The number of nitrogens with zero attached hydrogens (tertiary/aromatic N) is 3. The van der Waals surface area contributed by atoms with Gasteiger partial charge < -0.3 is 15.2 Å². The first kappa shape index (κ1) is 13.3. The lowest BCUT2D eigenvalue weighted by Gasteiger charge is -2.09. The van der Waals surface area contributed by atoms with E-state index < -0.39 is 11.6 Å². The molecule has 0 fully saturated rings. The summed E-state index contributed by atoms with van der Waals surface area (Å²) >= 11 is 0. The zero-order valence-electron chi connectivity index (χ0n) is 10.5. The van der Waals surface area contributed by atoms with E-state index in [9.17, 15) is 8.78 Å². The Labute approximate surface area is 109 Å². The molecule has 0 amide bonds. The van der Waals surface area contributed by atoms with E-state index in [1.807, 2.05) is 10.8 Å². The van der Waals surface area contributed by atoms with Gasteiger partial charge in [0.1, 0.15) is 0 Å². The van der Waals surface area contributed by atoms with Gasteiger partial charge in [-0.2, -0.15) is 0 Å². The second-order valence-corrected chi connectivity index (χ2v) is 3.98. The summed E-state index contributed by atoms with van der Waals surface area (Å²) in [6.45, 7) is 1.31. The van der Waals surface area contributed by atoms with Crippen LogP contribution in [0.3, 0.4) is 0 Å². The van der Waals surface area contributed by atoms with Crippen molar-refractivity contribution in [2.45, 2.75) is 13.0 Å². The molecule has 2 rings (SSSR count). The number of anilines is 2. The highest BCUT2D eigenvalue weighted by atomic mass is 19.1. The van der Waals surface area contributed by atoms with Gasteiger partial charge in [-0.05, 0) is 6.42 Å². The average Bonchev–Trinajstić information content (AvgIpc) is 2.90. The molecule has 0 spiro atoms. The SMILES string of the molecule is CNc1nc(NCCCn2ccnc2)c(F)cc1F. The monoisotopic (exact) mass is 267 g/mol. The molecule has 19 heavy (non-hydrogen) atoms. The Kier molecular flexibility index (Phi) is 4.27. The molecule has 0 aliphatic rings. The van der Waals surface area contributed by atoms with Crippen molar-refractivity contribution in [3.05, 3.63) is 36.4 Å². The summed E-state index contributed by atoms with van der Waals surface area (Å²) in [6.07, 6.45) is 6.06. The normalized spacial score (nSPS) is 10.5. The van der Waals surface area contributed by atoms with Gasteiger partial charge in [-0.15, -0.1) is 0 Å². The van der Waals surface area contributed by atoms with Crippen molar-refractivity contribution in [2.24, 2.45) is 0 Å². The molecular formula is C12H15F2N5. The topological polar surface area (TPSA) is 54.8 Å². The first-order valence-electron chi connectivity index (χ1n) is 5.94. The maximum absolute atomic E-state index is 13.5. The standard InChI is InChI=1S/C12H15F2N5/c1-15-11-9(13)7-10(14)12(18-11)17-3-2-5-19-6-4-16-8-19/h4,6-8H,2-3,5H2,1H3,(H2,15,17,18). The number of hydrogen-bond donors (Lipinski definition) is 2. The molecule has 2 N–H and O–H groups in total. The quantitative estimate of drug-likeness (QED) is 0.787. The minimum atomic E-state index is -0.705. The molecule has 102 valence electrons. The van der Waals surface area contributed by atoms with Gasteiger partial charge in [0.25, 0.3) is 0 Å². The minimum absolute atomic E-state index is 0.0264. The van der Waals surface area contributed by atoms with E-state index in [4.69, 9.17) is 0 Å². The fourth-order valence-electron chi connectivity index (χ4n) is 1.65. The summed E-state index contributed by atoms with van der Waals surface area (Å²) in [5.74, 6) is -1.32. The zero-order chi connectivity index (χ0) is 13.7. The predicted octanol–water partition coefficient (Wildman–Crippen LogP) is 2.10. The van der Waals surface area contributed by atoms with Crippen LogP contribution < -0.4 is 10.6 Å². The van der Waals surface area contributed by atoms with Crippen molar-refractivity contribution in [2.75, 3.05) is 24.2 Å². The van der Waals surface area contributed by atoms with Crippen LogP contribution in [0, 0.1) is 11.6 Å². The van der Waals surface area contributed by atoms with E-state index >= 15 is 0 Å². The molecule has 2 aromatic heterocycles. The van der Waals surface area contributed by atoms with Gasteiger partial charge >= 0.3 is 0 Å². The summed E-state index contributed by atoms with van der Waals surface area (Å²) in [7, 11) is 1.53. The zero-order valence-corrected chi connectivity index (χ0v) is 10.5. The van der Waals surface area contributed by atoms with Crippen LogP contribution in [0.25, 0.3) is 0 Å². The highest BCUT2D eigenvalue weighted by Crippen LogP contribution is 2.18. The van der Waals surface area contributed by atoms with Crippen LogP contribution in [-0.4, -0.2) is 28.1 Å². The van der Waals surface area contributed by atoms with Crippen LogP contribution >= 0.6 is 0 Å². The summed E-state index contributed by atoms with van der Waals surface area (Å²) in [5, 5.41) is 5.42. The fraction of sp³-hybridized carbons (Fsp3) is 0.333. The van der Waals surface area contributed by atoms with E-state index in [0.717, 1.165) is 19.0 Å². The molecule has 0 radical (unpaired) electrons. The van der Waals surface area contributed by atoms with Crippen molar-refractivity contribution in [3.63, 3.8) is 0 Å². The highest BCUT2D eigenvalue weighted by Gasteiger charge is 2.10. The van der Waals surface area contributed by atoms with Gasteiger partial charge in [0.2, 0.25) is 0 Å². The Hall–Kier alpha value is -2.18. The Balaban J connectivity index is 1.88. The van der Waals surface area contributed by atoms with Crippen molar-refractivity contribution < 1.29 is 8.78 Å². The first-order chi connectivity index (χ1) is 9.20. The number of aryl methyl sites for hydroxylation is 1. The van der Waals surface area contributed by atoms with E-state index in [2.05, 4.69) is 20.6 Å². The molecular weight excluding hydrogens is 252 g/mol. The van der Waals surface area contributed by atoms with Crippen molar-refractivity contribution in [1.82, 2.24) is 14.5 Å². The van der Waals surface area contributed by atoms with Gasteiger partial charge in [-0.1, -0.05) is 0 Å². The van der Waals surface area contributed by atoms with Crippen molar-refractivity contribution >= 4 is 11.6 Å². The lowest BCUT2D eigenvalue weighted by atomic mass is 10.3.